The summed E-state index contributed by atoms with van der Waals surface area (Å²) in [5.74, 6) is 3.48. The smallest absolute Gasteiger partial charge is 0.125 e. The highest BCUT2D eigenvalue weighted by Gasteiger charge is 2.29. The number of terminal acetylenes is 1. The molecule has 2 radical (unpaired) electrons. The minimum atomic E-state index is 0.155. The monoisotopic (exact) mass is 424 g/mol. The molecule has 166 valence electrons. The highest BCUT2D eigenvalue weighted by molar-refractivity contribution is 5.64. The highest BCUT2D eigenvalue weighted by atomic mass is 16.3. The SMILES string of the molecule is C#C[CH][C@@H]1Cc2c(cc(C)c(C)c2C)CCc2cc(C)c(O)c(C=C)c2C[C@H]1/C([CH2])=C\C. The Kier molecular flexibility index (Phi) is 7.35. The Labute approximate surface area is 195 Å². The Hall–Kier alpha value is -2.72. The van der Waals surface area contributed by atoms with Crippen molar-refractivity contribution in [1.29, 1.82) is 0 Å². The average Bonchev–Trinajstić information content (AvgIpc) is 2.77. The third-order valence-corrected chi connectivity index (χ3v) is 7.52. The van der Waals surface area contributed by atoms with Crippen LogP contribution in [0.1, 0.15) is 57.0 Å². The van der Waals surface area contributed by atoms with E-state index in [0.29, 0.717) is 5.75 Å². The summed E-state index contributed by atoms with van der Waals surface area (Å²) in [7, 11) is 0. The van der Waals surface area contributed by atoms with E-state index in [0.717, 1.165) is 42.4 Å². The fourth-order valence-corrected chi connectivity index (χ4v) is 5.29. The van der Waals surface area contributed by atoms with Gasteiger partial charge in [0.1, 0.15) is 5.75 Å². The quantitative estimate of drug-likeness (QED) is 0.526. The minimum absolute atomic E-state index is 0.155. The van der Waals surface area contributed by atoms with Crippen LogP contribution in [-0.4, -0.2) is 5.11 Å². The van der Waals surface area contributed by atoms with Crippen LogP contribution in [-0.2, 0) is 25.7 Å². The predicted octanol–water partition coefficient (Wildman–Crippen LogP) is 7.00. The van der Waals surface area contributed by atoms with Gasteiger partial charge in [-0.15, -0.1) is 12.3 Å². The number of benzene rings is 2. The lowest BCUT2D eigenvalue weighted by molar-refractivity contribution is 0.428. The predicted molar refractivity (Wildman–Crippen MR) is 138 cm³/mol. The zero-order chi connectivity index (χ0) is 23.6. The van der Waals surface area contributed by atoms with Crippen molar-refractivity contribution in [3.05, 3.63) is 93.8 Å². The number of fused-ring (bicyclic) bond motifs is 2. The van der Waals surface area contributed by atoms with Crippen LogP contribution in [0.2, 0.25) is 0 Å². The summed E-state index contributed by atoms with van der Waals surface area (Å²) in [6, 6.07) is 4.52. The minimum Gasteiger partial charge on any atom is -0.507 e. The Bertz CT molecular complexity index is 1110. The molecule has 32 heavy (non-hydrogen) atoms. The molecule has 1 aliphatic rings. The van der Waals surface area contributed by atoms with Crippen LogP contribution >= 0.6 is 0 Å². The average molecular weight is 425 g/mol. The van der Waals surface area contributed by atoms with Crippen molar-refractivity contribution in [2.24, 2.45) is 11.8 Å². The molecule has 0 unspecified atom stereocenters. The summed E-state index contributed by atoms with van der Waals surface area (Å²) in [5.41, 5.74) is 12.2. The molecule has 0 saturated carbocycles. The molecule has 0 bridgehead atoms. The molecule has 0 aromatic heterocycles. The topological polar surface area (TPSA) is 20.2 Å². The van der Waals surface area contributed by atoms with Gasteiger partial charge in [0, 0.05) is 12.0 Å². The molecule has 0 spiro atoms. The van der Waals surface area contributed by atoms with Crippen molar-refractivity contribution >= 4 is 6.08 Å². The number of phenolic OH excluding ortho intramolecular Hbond substituents is 1. The number of aryl methyl sites for hydroxylation is 4. The second-order valence-corrected chi connectivity index (χ2v) is 9.25. The van der Waals surface area contributed by atoms with Gasteiger partial charge in [0.05, 0.1) is 0 Å². The van der Waals surface area contributed by atoms with Crippen LogP contribution in [0.4, 0.5) is 0 Å². The first-order chi connectivity index (χ1) is 15.2. The van der Waals surface area contributed by atoms with Crippen molar-refractivity contribution in [2.45, 2.75) is 60.3 Å². The van der Waals surface area contributed by atoms with E-state index in [1.54, 1.807) is 6.08 Å². The third kappa shape index (κ3) is 4.42. The molecule has 2 aromatic carbocycles. The summed E-state index contributed by atoms with van der Waals surface area (Å²) < 4.78 is 0. The molecule has 1 aliphatic carbocycles. The lowest BCUT2D eigenvalue weighted by Gasteiger charge is -2.32. The molecular weight excluding hydrogens is 388 g/mol. The summed E-state index contributed by atoms with van der Waals surface area (Å²) in [4.78, 5) is 0. The van der Waals surface area contributed by atoms with Gasteiger partial charge in [-0.2, -0.15) is 0 Å². The standard InChI is InChI=1S/C31H36O/c1-9-12-24-17-29-23(8)22(7)20(5)15-25(29)13-14-26-16-21(6)31(32)27(11-3)30(26)18-28(24)19(4)10-2/h1,10-12,15-16,24,28,32H,3-4,13-14,17-18H2,2,5-8H3/b19-10-/t24-,28+/m1/s1. The molecule has 1 nitrogen and oxygen atoms in total. The van der Waals surface area contributed by atoms with E-state index in [9.17, 15) is 5.11 Å². The Balaban J connectivity index is 2.31. The molecule has 3 rings (SSSR count). The molecule has 0 amide bonds. The molecule has 1 heteroatoms. The molecular formula is C31H36O. The Morgan fingerprint density at radius 2 is 1.66 bits per heavy atom. The van der Waals surface area contributed by atoms with Gasteiger partial charge in [-0.1, -0.05) is 36.4 Å². The maximum atomic E-state index is 10.8. The van der Waals surface area contributed by atoms with E-state index in [1.807, 2.05) is 20.3 Å². The molecule has 1 N–H and O–H groups in total. The maximum Gasteiger partial charge on any atom is 0.125 e. The van der Waals surface area contributed by atoms with Gasteiger partial charge in [0.15, 0.2) is 0 Å². The summed E-state index contributed by atoms with van der Waals surface area (Å²) >= 11 is 0. The largest absolute Gasteiger partial charge is 0.507 e. The van der Waals surface area contributed by atoms with Gasteiger partial charge in [-0.3, -0.25) is 0 Å². The Morgan fingerprint density at radius 1 is 1.03 bits per heavy atom. The van der Waals surface area contributed by atoms with E-state index in [2.05, 4.69) is 58.4 Å². The van der Waals surface area contributed by atoms with E-state index in [4.69, 9.17) is 6.42 Å². The third-order valence-electron chi connectivity index (χ3n) is 7.52. The number of hydrogen-bond donors (Lipinski definition) is 1. The van der Waals surface area contributed by atoms with Crippen LogP contribution < -0.4 is 0 Å². The second kappa shape index (κ2) is 9.83. The summed E-state index contributed by atoms with van der Waals surface area (Å²) in [6.45, 7) is 19.1. The molecule has 0 aliphatic heterocycles. The summed E-state index contributed by atoms with van der Waals surface area (Å²) in [5, 5.41) is 10.8. The van der Waals surface area contributed by atoms with Crippen LogP contribution in [0.15, 0.2) is 30.4 Å². The zero-order valence-electron chi connectivity index (χ0n) is 20.3. The van der Waals surface area contributed by atoms with Gasteiger partial charge in [0.2, 0.25) is 0 Å². The van der Waals surface area contributed by atoms with Crippen LogP contribution in [0.25, 0.3) is 6.08 Å². The van der Waals surface area contributed by atoms with Gasteiger partial charge in [0.25, 0.3) is 0 Å². The first-order valence-electron chi connectivity index (χ1n) is 11.6. The Morgan fingerprint density at radius 3 is 2.25 bits per heavy atom. The van der Waals surface area contributed by atoms with Gasteiger partial charge in [-0.05, 0) is 124 Å². The summed E-state index contributed by atoms with van der Waals surface area (Å²) in [6.07, 6.45) is 15.3. The first-order valence-corrected chi connectivity index (χ1v) is 11.6. The van der Waals surface area contributed by atoms with Crippen LogP contribution in [0, 0.1) is 65.2 Å². The highest BCUT2D eigenvalue weighted by Crippen LogP contribution is 2.39. The first kappa shape index (κ1) is 23.9. The van der Waals surface area contributed by atoms with Gasteiger partial charge >= 0.3 is 0 Å². The van der Waals surface area contributed by atoms with E-state index >= 15 is 0 Å². The molecule has 0 saturated heterocycles. The number of allylic oxidation sites excluding steroid dienone is 2. The number of phenols is 1. The van der Waals surface area contributed by atoms with Gasteiger partial charge < -0.3 is 5.11 Å². The fraction of sp³-hybridized carbons (Fsp3) is 0.355. The molecule has 0 heterocycles. The van der Waals surface area contributed by atoms with Crippen LogP contribution in [0.5, 0.6) is 5.75 Å². The van der Waals surface area contributed by atoms with Crippen molar-refractivity contribution in [2.75, 3.05) is 0 Å². The van der Waals surface area contributed by atoms with Gasteiger partial charge in [-0.25, -0.2) is 0 Å². The normalized spacial score (nSPS) is 19.0. The van der Waals surface area contributed by atoms with Crippen molar-refractivity contribution in [3.63, 3.8) is 0 Å². The second-order valence-electron chi connectivity index (χ2n) is 9.25. The lowest BCUT2D eigenvalue weighted by Crippen LogP contribution is -2.25. The zero-order valence-corrected chi connectivity index (χ0v) is 20.3. The van der Waals surface area contributed by atoms with Crippen LogP contribution in [0.3, 0.4) is 0 Å². The lowest BCUT2D eigenvalue weighted by atomic mass is 9.72. The van der Waals surface area contributed by atoms with Crippen molar-refractivity contribution < 1.29 is 5.11 Å². The fourth-order valence-electron chi connectivity index (χ4n) is 5.29. The number of hydrogen-bond acceptors (Lipinski definition) is 1. The number of rotatable bonds is 3. The molecule has 2 aromatic rings. The van der Waals surface area contributed by atoms with E-state index < -0.39 is 0 Å². The molecule has 2 atom stereocenters. The van der Waals surface area contributed by atoms with Crippen molar-refractivity contribution in [3.8, 4) is 18.1 Å². The maximum absolute atomic E-state index is 10.8. The van der Waals surface area contributed by atoms with Crippen molar-refractivity contribution in [1.82, 2.24) is 0 Å². The number of aromatic hydroxyl groups is 1. The molecule has 0 fully saturated rings. The van der Waals surface area contributed by atoms with E-state index in [-0.39, 0.29) is 11.8 Å². The van der Waals surface area contributed by atoms with E-state index in [1.165, 1.54) is 38.9 Å².